The van der Waals surface area contributed by atoms with Crippen LogP contribution in [-0.2, 0) is 26.2 Å². The van der Waals surface area contributed by atoms with Gasteiger partial charge < -0.3 is 9.64 Å². The standard InChI is InChI=1S/C28H29BrN4O4S/c1-28(2,3)23-10-9-22(38-23)25(34)32-12-19(26(35)33-15-20(16-33)27(36)37-4)11-17-5-7-18(8-6-17)24-30-13-21(29)14-31-24/h5-10,12-14,19-20H,11,15-16H2,1-4H3/b32-12+/t19-/m1/s1. The first-order valence-electron chi connectivity index (χ1n) is 12.2. The lowest BCUT2D eigenvalue weighted by Gasteiger charge is -2.38. The van der Waals surface area contributed by atoms with Crippen LogP contribution in [0.25, 0.3) is 11.4 Å². The second kappa shape index (κ2) is 11.7. The van der Waals surface area contributed by atoms with Gasteiger partial charge in [0.25, 0.3) is 5.91 Å². The Morgan fingerprint density at radius 1 is 1.13 bits per heavy atom. The molecule has 1 saturated heterocycles. The molecule has 3 aromatic rings. The number of likely N-dealkylation sites (tertiary alicyclic amines) is 1. The molecular formula is C28H29BrN4O4S. The van der Waals surface area contributed by atoms with E-state index in [1.807, 2.05) is 30.3 Å². The van der Waals surface area contributed by atoms with Crippen LogP contribution in [0.3, 0.4) is 0 Å². The van der Waals surface area contributed by atoms with Crippen molar-refractivity contribution in [2.75, 3.05) is 20.2 Å². The average Bonchev–Trinajstić information content (AvgIpc) is 3.37. The molecule has 198 valence electrons. The van der Waals surface area contributed by atoms with E-state index >= 15 is 0 Å². The number of carbonyl (C=O) groups is 3. The predicted octanol–water partition coefficient (Wildman–Crippen LogP) is 4.97. The average molecular weight is 598 g/mol. The summed E-state index contributed by atoms with van der Waals surface area (Å²) in [5.41, 5.74) is 1.69. The summed E-state index contributed by atoms with van der Waals surface area (Å²) in [5.74, 6) is -1.26. The number of rotatable bonds is 7. The van der Waals surface area contributed by atoms with Crippen molar-refractivity contribution in [2.24, 2.45) is 16.8 Å². The van der Waals surface area contributed by atoms with E-state index in [2.05, 4.69) is 51.7 Å². The maximum Gasteiger partial charge on any atom is 0.312 e. The van der Waals surface area contributed by atoms with Crippen LogP contribution in [0.1, 0.15) is 40.9 Å². The second-order valence-electron chi connectivity index (χ2n) is 10.2. The lowest BCUT2D eigenvalue weighted by molar-refractivity contribution is -0.156. The highest BCUT2D eigenvalue weighted by atomic mass is 79.9. The Morgan fingerprint density at radius 2 is 1.79 bits per heavy atom. The van der Waals surface area contributed by atoms with Crippen LogP contribution in [0.4, 0.5) is 0 Å². The molecular weight excluding hydrogens is 568 g/mol. The fourth-order valence-corrected chi connectivity index (χ4v) is 5.15. The van der Waals surface area contributed by atoms with Crippen molar-refractivity contribution >= 4 is 51.3 Å². The zero-order valence-corrected chi connectivity index (χ0v) is 24.1. The lowest BCUT2D eigenvalue weighted by Crippen LogP contribution is -2.55. The van der Waals surface area contributed by atoms with Crippen molar-refractivity contribution in [3.63, 3.8) is 0 Å². The summed E-state index contributed by atoms with van der Waals surface area (Å²) in [6.45, 7) is 6.86. The molecule has 0 radical (unpaired) electrons. The normalized spacial score (nSPS) is 14.8. The molecule has 1 aliphatic heterocycles. The van der Waals surface area contributed by atoms with Crippen LogP contribution in [-0.4, -0.2) is 59.1 Å². The largest absolute Gasteiger partial charge is 0.469 e. The summed E-state index contributed by atoms with van der Waals surface area (Å²) >= 11 is 4.75. The molecule has 1 aliphatic rings. The van der Waals surface area contributed by atoms with Gasteiger partial charge in [-0.1, -0.05) is 45.0 Å². The van der Waals surface area contributed by atoms with E-state index in [-0.39, 0.29) is 29.1 Å². The number of halogens is 1. The first kappa shape index (κ1) is 27.8. The number of thiophene rings is 1. The van der Waals surface area contributed by atoms with E-state index in [1.165, 1.54) is 24.7 Å². The Morgan fingerprint density at radius 3 is 2.37 bits per heavy atom. The van der Waals surface area contributed by atoms with Gasteiger partial charge in [0.1, 0.15) is 0 Å². The number of benzene rings is 1. The summed E-state index contributed by atoms with van der Waals surface area (Å²) in [4.78, 5) is 54.0. The summed E-state index contributed by atoms with van der Waals surface area (Å²) < 4.78 is 5.58. The van der Waals surface area contributed by atoms with Gasteiger partial charge in [-0.15, -0.1) is 11.3 Å². The van der Waals surface area contributed by atoms with E-state index in [0.29, 0.717) is 30.2 Å². The molecule has 1 fully saturated rings. The molecule has 2 aromatic heterocycles. The minimum Gasteiger partial charge on any atom is -0.469 e. The zero-order valence-electron chi connectivity index (χ0n) is 21.7. The van der Waals surface area contributed by atoms with Gasteiger partial charge in [-0.05, 0) is 45.5 Å². The van der Waals surface area contributed by atoms with Crippen molar-refractivity contribution in [2.45, 2.75) is 32.6 Å². The van der Waals surface area contributed by atoms with Gasteiger partial charge in [-0.3, -0.25) is 14.4 Å². The quantitative estimate of drug-likeness (QED) is 0.282. The van der Waals surface area contributed by atoms with Crippen molar-refractivity contribution in [1.29, 1.82) is 0 Å². The molecule has 8 nitrogen and oxygen atoms in total. The van der Waals surface area contributed by atoms with Crippen molar-refractivity contribution in [3.8, 4) is 11.4 Å². The van der Waals surface area contributed by atoms with Crippen LogP contribution in [0, 0.1) is 11.8 Å². The van der Waals surface area contributed by atoms with Crippen LogP contribution in [0.15, 0.2) is 58.3 Å². The summed E-state index contributed by atoms with van der Waals surface area (Å²) in [6.07, 6.45) is 5.17. The molecule has 0 saturated carbocycles. The first-order valence-corrected chi connectivity index (χ1v) is 13.8. The number of methoxy groups -OCH3 is 1. The van der Waals surface area contributed by atoms with E-state index in [1.54, 1.807) is 23.4 Å². The highest BCUT2D eigenvalue weighted by Crippen LogP contribution is 2.30. The van der Waals surface area contributed by atoms with Crippen molar-refractivity contribution in [1.82, 2.24) is 14.9 Å². The first-order chi connectivity index (χ1) is 18.0. The molecule has 1 aromatic carbocycles. The van der Waals surface area contributed by atoms with Gasteiger partial charge in [0.2, 0.25) is 5.91 Å². The monoisotopic (exact) mass is 596 g/mol. The topological polar surface area (TPSA) is 102 Å². The Hall–Kier alpha value is -3.24. The van der Waals surface area contributed by atoms with Crippen LogP contribution in [0.5, 0.6) is 0 Å². The fraction of sp³-hybridized carbons (Fsp3) is 0.357. The van der Waals surface area contributed by atoms with Crippen molar-refractivity contribution < 1.29 is 19.1 Å². The highest BCUT2D eigenvalue weighted by Gasteiger charge is 2.38. The molecule has 0 N–H and O–H groups in total. The van der Waals surface area contributed by atoms with E-state index in [4.69, 9.17) is 4.74 Å². The molecule has 4 rings (SSSR count). The number of aliphatic imine (C=N–C) groups is 1. The SMILES string of the molecule is COC(=O)C1CN(C(=O)[C@@H](/C=N/C(=O)c2ccc(C(C)(C)C)s2)Cc2ccc(-c3ncc(Br)cn3)cc2)C1. The third-order valence-electron chi connectivity index (χ3n) is 6.26. The smallest absolute Gasteiger partial charge is 0.312 e. The number of hydrogen-bond donors (Lipinski definition) is 0. The maximum absolute atomic E-state index is 13.3. The minimum atomic E-state index is -0.658. The molecule has 1 atom stereocenters. The Kier molecular flexibility index (Phi) is 8.52. The summed E-state index contributed by atoms with van der Waals surface area (Å²) in [5, 5.41) is 0. The molecule has 10 heteroatoms. The number of aromatic nitrogens is 2. The Balaban J connectivity index is 1.51. The molecule has 2 amide bonds. The number of carbonyl (C=O) groups excluding carboxylic acids is 3. The van der Waals surface area contributed by atoms with Gasteiger partial charge in [-0.25, -0.2) is 15.0 Å². The lowest BCUT2D eigenvalue weighted by atomic mass is 9.93. The maximum atomic E-state index is 13.3. The van der Waals surface area contributed by atoms with Gasteiger partial charge in [0.15, 0.2) is 5.82 Å². The van der Waals surface area contributed by atoms with Gasteiger partial charge in [-0.2, -0.15) is 0 Å². The van der Waals surface area contributed by atoms with Gasteiger partial charge >= 0.3 is 5.97 Å². The van der Waals surface area contributed by atoms with Crippen LogP contribution >= 0.6 is 27.3 Å². The summed E-state index contributed by atoms with van der Waals surface area (Å²) in [7, 11) is 1.34. The molecule has 0 unspecified atom stereocenters. The molecule has 3 heterocycles. The summed E-state index contributed by atoms with van der Waals surface area (Å²) in [6, 6.07) is 11.4. The second-order valence-corrected chi connectivity index (χ2v) is 12.2. The Bertz CT molecular complexity index is 1340. The third-order valence-corrected chi connectivity index (χ3v) is 8.17. The zero-order chi connectivity index (χ0) is 27.4. The van der Waals surface area contributed by atoms with E-state index in [9.17, 15) is 14.4 Å². The third kappa shape index (κ3) is 6.60. The fourth-order valence-electron chi connectivity index (χ4n) is 3.99. The van der Waals surface area contributed by atoms with Gasteiger partial charge in [0, 0.05) is 42.1 Å². The number of ether oxygens (including phenoxy) is 1. The number of hydrogen-bond acceptors (Lipinski definition) is 7. The minimum absolute atomic E-state index is 0.0630. The van der Waals surface area contributed by atoms with Crippen molar-refractivity contribution in [3.05, 3.63) is 68.6 Å². The van der Waals surface area contributed by atoms with Crippen LogP contribution < -0.4 is 0 Å². The van der Waals surface area contributed by atoms with Crippen LogP contribution in [0.2, 0.25) is 0 Å². The van der Waals surface area contributed by atoms with E-state index in [0.717, 1.165) is 20.5 Å². The number of nitrogens with zero attached hydrogens (tertiary/aromatic N) is 4. The predicted molar refractivity (Wildman–Crippen MR) is 150 cm³/mol. The molecule has 0 bridgehead atoms. The molecule has 0 spiro atoms. The number of esters is 1. The highest BCUT2D eigenvalue weighted by molar-refractivity contribution is 9.10. The Labute approximate surface area is 234 Å². The van der Waals surface area contributed by atoms with Gasteiger partial charge in [0.05, 0.1) is 28.3 Å². The molecule has 0 aliphatic carbocycles. The van der Waals surface area contributed by atoms with E-state index < -0.39 is 5.92 Å². The number of amides is 2. The molecule has 38 heavy (non-hydrogen) atoms.